The van der Waals surface area contributed by atoms with E-state index < -0.39 is 0 Å². The Morgan fingerprint density at radius 3 is 3.00 bits per heavy atom. The van der Waals surface area contributed by atoms with Crippen LogP contribution < -0.4 is 4.90 Å². The van der Waals surface area contributed by atoms with Crippen LogP contribution >= 0.6 is 0 Å². The number of rotatable bonds is 6. The van der Waals surface area contributed by atoms with E-state index in [2.05, 4.69) is 38.8 Å². The predicted molar refractivity (Wildman–Crippen MR) is 90.9 cm³/mol. The van der Waals surface area contributed by atoms with Gasteiger partial charge in [0.05, 0.1) is 25.5 Å². The van der Waals surface area contributed by atoms with Crippen molar-refractivity contribution in [3.05, 3.63) is 36.2 Å². The molecule has 7 heteroatoms. The fourth-order valence-corrected chi connectivity index (χ4v) is 2.79. The van der Waals surface area contributed by atoms with Crippen molar-refractivity contribution in [3.63, 3.8) is 0 Å². The van der Waals surface area contributed by atoms with Crippen LogP contribution in [0.25, 0.3) is 0 Å². The van der Waals surface area contributed by atoms with E-state index in [1.54, 1.807) is 6.20 Å². The van der Waals surface area contributed by atoms with Crippen molar-refractivity contribution in [1.29, 1.82) is 0 Å². The van der Waals surface area contributed by atoms with Crippen LogP contribution in [-0.2, 0) is 11.3 Å². The van der Waals surface area contributed by atoms with E-state index in [4.69, 9.17) is 9.15 Å². The fourth-order valence-electron chi connectivity index (χ4n) is 2.79. The zero-order valence-electron chi connectivity index (χ0n) is 14.6. The van der Waals surface area contributed by atoms with E-state index in [1.165, 1.54) is 0 Å². The predicted octanol–water partition coefficient (Wildman–Crippen LogP) is 1.93. The molecule has 1 aliphatic rings. The third-order valence-corrected chi connectivity index (χ3v) is 4.15. The standard InChI is InChI=1S/C17H25N5O2/c1-13(2)15-9-18-17(24-15)12-22-7-8-23-14(11-22)10-21(3)16-5-4-6-19-20-16/h4-6,9,13-14H,7-8,10-12H2,1-3H3. The summed E-state index contributed by atoms with van der Waals surface area (Å²) in [4.78, 5) is 8.79. The molecule has 0 amide bonds. The Morgan fingerprint density at radius 2 is 2.29 bits per heavy atom. The summed E-state index contributed by atoms with van der Waals surface area (Å²) in [6.45, 7) is 8.18. The number of morpholine rings is 1. The van der Waals surface area contributed by atoms with Crippen molar-refractivity contribution in [2.45, 2.75) is 32.4 Å². The van der Waals surface area contributed by atoms with Gasteiger partial charge in [-0.25, -0.2) is 4.98 Å². The van der Waals surface area contributed by atoms with Crippen LogP contribution in [0, 0.1) is 0 Å². The van der Waals surface area contributed by atoms with Gasteiger partial charge in [-0.05, 0) is 12.1 Å². The number of oxazole rings is 1. The molecule has 1 unspecified atom stereocenters. The number of likely N-dealkylation sites (N-methyl/N-ethyl adjacent to an activating group) is 1. The van der Waals surface area contributed by atoms with Gasteiger partial charge >= 0.3 is 0 Å². The molecule has 1 fully saturated rings. The zero-order chi connectivity index (χ0) is 16.9. The topological polar surface area (TPSA) is 67.5 Å². The van der Waals surface area contributed by atoms with E-state index in [0.29, 0.717) is 5.92 Å². The maximum absolute atomic E-state index is 5.90. The lowest BCUT2D eigenvalue weighted by atomic mass is 10.2. The SMILES string of the molecule is CC(C)c1cnc(CN2CCOC(CN(C)c3cccnn3)C2)o1. The van der Waals surface area contributed by atoms with Gasteiger partial charge in [0.25, 0.3) is 0 Å². The molecule has 0 spiro atoms. The van der Waals surface area contributed by atoms with Gasteiger partial charge in [0.2, 0.25) is 5.89 Å². The molecular weight excluding hydrogens is 306 g/mol. The summed E-state index contributed by atoms with van der Waals surface area (Å²) in [6.07, 6.45) is 3.64. The average molecular weight is 331 g/mol. The van der Waals surface area contributed by atoms with Crippen LogP contribution in [0.4, 0.5) is 5.82 Å². The minimum atomic E-state index is 0.130. The average Bonchev–Trinajstić information content (AvgIpc) is 3.05. The minimum absolute atomic E-state index is 0.130. The summed E-state index contributed by atoms with van der Waals surface area (Å²) in [7, 11) is 2.01. The van der Waals surface area contributed by atoms with Crippen LogP contribution in [0.3, 0.4) is 0 Å². The molecule has 24 heavy (non-hydrogen) atoms. The highest BCUT2D eigenvalue weighted by Crippen LogP contribution is 2.17. The second-order valence-corrected chi connectivity index (χ2v) is 6.50. The van der Waals surface area contributed by atoms with Crippen LogP contribution in [0.5, 0.6) is 0 Å². The second kappa shape index (κ2) is 7.72. The summed E-state index contributed by atoms with van der Waals surface area (Å²) < 4.78 is 11.7. The minimum Gasteiger partial charge on any atom is -0.444 e. The first-order chi connectivity index (χ1) is 11.6. The van der Waals surface area contributed by atoms with E-state index in [-0.39, 0.29) is 6.10 Å². The van der Waals surface area contributed by atoms with Gasteiger partial charge in [0, 0.05) is 38.8 Å². The largest absolute Gasteiger partial charge is 0.444 e. The Hall–Kier alpha value is -1.99. The number of nitrogens with zero attached hydrogens (tertiary/aromatic N) is 5. The number of hydrogen-bond acceptors (Lipinski definition) is 7. The zero-order valence-corrected chi connectivity index (χ0v) is 14.6. The van der Waals surface area contributed by atoms with Gasteiger partial charge in [0.15, 0.2) is 5.82 Å². The van der Waals surface area contributed by atoms with Gasteiger partial charge in [0.1, 0.15) is 5.76 Å². The molecular formula is C17H25N5O2. The number of ether oxygens (including phenoxy) is 1. The van der Waals surface area contributed by atoms with Crippen LogP contribution in [0.15, 0.2) is 28.9 Å². The Kier molecular flexibility index (Phi) is 5.42. The Bertz CT molecular complexity index is 631. The molecule has 0 saturated carbocycles. The molecule has 1 atom stereocenters. The molecule has 1 saturated heterocycles. The molecule has 1 aliphatic heterocycles. The molecule has 0 bridgehead atoms. The van der Waals surface area contributed by atoms with Crippen LogP contribution in [0.2, 0.25) is 0 Å². The van der Waals surface area contributed by atoms with Crippen molar-refractivity contribution in [1.82, 2.24) is 20.1 Å². The highest BCUT2D eigenvalue weighted by molar-refractivity contribution is 5.35. The lowest BCUT2D eigenvalue weighted by molar-refractivity contribution is -0.0288. The molecule has 3 heterocycles. The summed E-state index contributed by atoms with van der Waals surface area (Å²) >= 11 is 0. The van der Waals surface area contributed by atoms with Crippen molar-refractivity contribution in [2.75, 3.05) is 38.2 Å². The molecule has 3 rings (SSSR count). The number of anilines is 1. The lowest BCUT2D eigenvalue weighted by Gasteiger charge is -2.34. The highest BCUT2D eigenvalue weighted by atomic mass is 16.5. The molecule has 2 aromatic heterocycles. The first-order valence-corrected chi connectivity index (χ1v) is 8.39. The van der Waals surface area contributed by atoms with E-state index in [9.17, 15) is 0 Å². The first-order valence-electron chi connectivity index (χ1n) is 8.39. The van der Waals surface area contributed by atoms with Crippen molar-refractivity contribution in [2.24, 2.45) is 0 Å². The van der Waals surface area contributed by atoms with Gasteiger partial charge in [-0.1, -0.05) is 13.8 Å². The Labute approximate surface area is 142 Å². The highest BCUT2D eigenvalue weighted by Gasteiger charge is 2.23. The normalized spacial score (nSPS) is 18.9. The molecule has 0 aromatic carbocycles. The van der Waals surface area contributed by atoms with Gasteiger partial charge in [-0.15, -0.1) is 5.10 Å². The number of hydrogen-bond donors (Lipinski definition) is 0. The molecule has 0 radical (unpaired) electrons. The summed E-state index contributed by atoms with van der Waals surface area (Å²) in [5.41, 5.74) is 0. The Balaban J connectivity index is 1.54. The molecule has 7 nitrogen and oxygen atoms in total. The van der Waals surface area contributed by atoms with Crippen molar-refractivity contribution >= 4 is 5.82 Å². The van der Waals surface area contributed by atoms with Crippen molar-refractivity contribution < 1.29 is 9.15 Å². The maximum atomic E-state index is 5.90. The molecule has 0 N–H and O–H groups in total. The smallest absolute Gasteiger partial charge is 0.208 e. The van der Waals surface area contributed by atoms with Gasteiger partial charge < -0.3 is 14.1 Å². The van der Waals surface area contributed by atoms with Gasteiger partial charge in [-0.2, -0.15) is 5.10 Å². The third-order valence-electron chi connectivity index (χ3n) is 4.15. The molecule has 130 valence electrons. The first kappa shape index (κ1) is 16.9. The van der Waals surface area contributed by atoms with E-state index in [1.807, 2.05) is 25.4 Å². The second-order valence-electron chi connectivity index (χ2n) is 6.50. The quantitative estimate of drug-likeness (QED) is 0.801. The number of aromatic nitrogens is 3. The molecule has 2 aromatic rings. The van der Waals surface area contributed by atoms with E-state index in [0.717, 1.165) is 50.3 Å². The monoisotopic (exact) mass is 331 g/mol. The van der Waals surface area contributed by atoms with Gasteiger partial charge in [-0.3, -0.25) is 4.90 Å². The summed E-state index contributed by atoms with van der Waals surface area (Å²) in [6, 6.07) is 3.84. The fraction of sp³-hybridized carbons (Fsp3) is 0.588. The third kappa shape index (κ3) is 4.30. The van der Waals surface area contributed by atoms with E-state index >= 15 is 0 Å². The summed E-state index contributed by atoms with van der Waals surface area (Å²) in [5.74, 6) is 2.94. The van der Waals surface area contributed by atoms with Crippen molar-refractivity contribution in [3.8, 4) is 0 Å². The molecule has 0 aliphatic carbocycles. The lowest BCUT2D eigenvalue weighted by Crippen LogP contribution is -2.46. The Morgan fingerprint density at radius 1 is 1.42 bits per heavy atom. The van der Waals surface area contributed by atoms with Crippen LogP contribution in [-0.4, -0.2) is 59.5 Å². The summed E-state index contributed by atoms with van der Waals surface area (Å²) in [5, 5.41) is 8.05. The maximum Gasteiger partial charge on any atom is 0.208 e. The van der Waals surface area contributed by atoms with Crippen LogP contribution in [0.1, 0.15) is 31.4 Å².